The molecule has 0 amide bonds. The van der Waals surface area contributed by atoms with Crippen LogP contribution < -0.4 is 10.6 Å². The molecular weight excluding hydrogens is 298 g/mol. The van der Waals surface area contributed by atoms with Crippen LogP contribution in [-0.4, -0.2) is 28.3 Å². The highest BCUT2D eigenvalue weighted by Gasteiger charge is 2.11. The average molecular weight is 323 g/mol. The van der Waals surface area contributed by atoms with Crippen molar-refractivity contribution in [3.63, 3.8) is 0 Å². The molecule has 24 heavy (non-hydrogen) atoms. The predicted molar refractivity (Wildman–Crippen MR) is 97.9 cm³/mol. The Hall–Kier alpha value is -2.56. The van der Waals surface area contributed by atoms with Crippen molar-refractivity contribution in [2.45, 2.75) is 38.9 Å². The van der Waals surface area contributed by atoms with Gasteiger partial charge in [-0.05, 0) is 37.0 Å². The quantitative estimate of drug-likeness (QED) is 0.488. The lowest BCUT2D eigenvalue weighted by atomic mass is 10.1. The van der Waals surface area contributed by atoms with Crippen molar-refractivity contribution in [3.8, 4) is 0 Å². The van der Waals surface area contributed by atoms with Gasteiger partial charge in [-0.25, -0.2) is 4.99 Å². The Morgan fingerprint density at radius 3 is 2.71 bits per heavy atom. The van der Waals surface area contributed by atoms with Gasteiger partial charge in [-0.15, -0.1) is 0 Å². The van der Waals surface area contributed by atoms with Crippen molar-refractivity contribution in [2.75, 3.05) is 6.54 Å². The van der Waals surface area contributed by atoms with E-state index in [2.05, 4.69) is 59.1 Å². The van der Waals surface area contributed by atoms with E-state index in [1.165, 1.54) is 11.1 Å². The molecule has 1 aliphatic rings. The monoisotopic (exact) mass is 323 g/mol. The molecule has 1 aliphatic carbocycles. The van der Waals surface area contributed by atoms with Crippen molar-refractivity contribution in [2.24, 2.45) is 4.99 Å². The Morgan fingerprint density at radius 2 is 2.00 bits per heavy atom. The topological polar surface area (TPSA) is 54.2 Å². The van der Waals surface area contributed by atoms with Gasteiger partial charge in [0.15, 0.2) is 5.96 Å². The fourth-order valence-corrected chi connectivity index (χ4v) is 2.85. The zero-order chi connectivity index (χ0) is 16.6. The Balaban J connectivity index is 1.68. The molecular formula is C19H25N5. The summed E-state index contributed by atoms with van der Waals surface area (Å²) in [5.74, 6) is 0.889. The van der Waals surface area contributed by atoms with Crippen molar-refractivity contribution in [1.29, 1.82) is 0 Å². The molecule has 3 rings (SSSR count). The molecule has 0 atom stereocenters. The summed E-state index contributed by atoms with van der Waals surface area (Å²) in [7, 11) is 0. The summed E-state index contributed by atoms with van der Waals surface area (Å²) >= 11 is 0. The molecule has 5 heteroatoms. The van der Waals surface area contributed by atoms with Gasteiger partial charge in [0.2, 0.25) is 0 Å². The highest BCUT2D eigenvalue weighted by molar-refractivity contribution is 5.80. The molecule has 0 aliphatic heterocycles. The fraction of sp³-hybridized carbons (Fsp3) is 0.368. The average Bonchev–Trinajstić information content (AvgIpc) is 3.28. The molecule has 1 heterocycles. The van der Waals surface area contributed by atoms with Crippen LogP contribution in [-0.2, 0) is 13.1 Å². The summed E-state index contributed by atoms with van der Waals surface area (Å²) in [5, 5.41) is 11.1. The second-order valence-corrected chi connectivity index (χ2v) is 5.95. The Labute approximate surface area is 143 Å². The van der Waals surface area contributed by atoms with Crippen LogP contribution in [0.1, 0.15) is 30.9 Å². The first-order chi connectivity index (χ1) is 11.8. The number of nitrogens with one attached hydrogen (secondary N) is 2. The zero-order valence-electron chi connectivity index (χ0n) is 14.2. The molecule has 0 radical (unpaired) electrons. The standard InChI is InChI=1S/C19H25N5/c1-2-20-19(23-18-10-5-6-11-18)21-14-16-8-3-4-9-17(16)15-24-13-7-12-22-24/h3-9,12-13,18H,2,10-11,14-15H2,1H3,(H2,20,21,23). The van der Waals surface area contributed by atoms with Gasteiger partial charge in [0.05, 0.1) is 13.1 Å². The number of hydrogen-bond donors (Lipinski definition) is 2. The summed E-state index contributed by atoms with van der Waals surface area (Å²) < 4.78 is 1.94. The normalized spacial score (nSPS) is 15.0. The number of aliphatic imine (C=N–C) groups is 1. The maximum absolute atomic E-state index is 4.77. The molecule has 2 aromatic rings. The van der Waals surface area contributed by atoms with Gasteiger partial charge < -0.3 is 10.6 Å². The Morgan fingerprint density at radius 1 is 1.21 bits per heavy atom. The molecule has 1 aromatic carbocycles. The third-order valence-corrected chi connectivity index (χ3v) is 4.11. The molecule has 0 bridgehead atoms. The maximum Gasteiger partial charge on any atom is 0.191 e. The lowest BCUT2D eigenvalue weighted by Gasteiger charge is -2.17. The summed E-state index contributed by atoms with van der Waals surface area (Å²) in [6, 6.07) is 10.8. The number of hydrogen-bond acceptors (Lipinski definition) is 2. The van der Waals surface area contributed by atoms with Crippen LogP contribution in [0.15, 0.2) is 59.9 Å². The molecule has 0 spiro atoms. The first kappa shape index (κ1) is 16.3. The lowest BCUT2D eigenvalue weighted by molar-refractivity contribution is 0.633. The molecule has 5 nitrogen and oxygen atoms in total. The fourth-order valence-electron chi connectivity index (χ4n) is 2.85. The van der Waals surface area contributed by atoms with Crippen LogP contribution >= 0.6 is 0 Å². The smallest absolute Gasteiger partial charge is 0.191 e. The highest BCUT2D eigenvalue weighted by atomic mass is 15.3. The van der Waals surface area contributed by atoms with E-state index in [9.17, 15) is 0 Å². The van der Waals surface area contributed by atoms with Crippen molar-refractivity contribution < 1.29 is 0 Å². The predicted octanol–water partition coefficient (Wildman–Crippen LogP) is 2.71. The molecule has 126 valence electrons. The SMILES string of the molecule is CCNC(=NCc1ccccc1Cn1cccn1)NC1CC=CC1. The Bertz CT molecular complexity index is 680. The van der Waals surface area contributed by atoms with Crippen molar-refractivity contribution >= 4 is 5.96 Å². The third kappa shape index (κ3) is 4.47. The summed E-state index contributed by atoms with van der Waals surface area (Å²) in [6.07, 6.45) is 10.4. The van der Waals surface area contributed by atoms with Crippen molar-refractivity contribution in [1.82, 2.24) is 20.4 Å². The van der Waals surface area contributed by atoms with E-state index >= 15 is 0 Å². The van der Waals surface area contributed by atoms with Crippen LogP contribution in [0, 0.1) is 0 Å². The first-order valence-electron chi connectivity index (χ1n) is 8.59. The van der Waals surface area contributed by atoms with Gasteiger partial charge >= 0.3 is 0 Å². The van der Waals surface area contributed by atoms with Crippen LogP contribution in [0.2, 0.25) is 0 Å². The van der Waals surface area contributed by atoms with E-state index in [1.807, 2.05) is 23.1 Å². The molecule has 0 unspecified atom stereocenters. The number of aromatic nitrogens is 2. The first-order valence-corrected chi connectivity index (χ1v) is 8.59. The molecule has 2 N–H and O–H groups in total. The zero-order valence-corrected chi connectivity index (χ0v) is 14.2. The third-order valence-electron chi connectivity index (χ3n) is 4.11. The minimum absolute atomic E-state index is 0.460. The van der Waals surface area contributed by atoms with Gasteiger partial charge in [-0.1, -0.05) is 36.4 Å². The van der Waals surface area contributed by atoms with Gasteiger partial charge in [0.25, 0.3) is 0 Å². The lowest BCUT2D eigenvalue weighted by Crippen LogP contribution is -2.42. The summed E-state index contributed by atoms with van der Waals surface area (Å²) in [6.45, 7) is 4.39. The van der Waals surface area contributed by atoms with Gasteiger partial charge in [0, 0.05) is 25.0 Å². The van der Waals surface area contributed by atoms with Gasteiger partial charge in [-0.2, -0.15) is 5.10 Å². The number of benzene rings is 1. The van der Waals surface area contributed by atoms with E-state index in [4.69, 9.17) is 4.99 Å². The molecule has 0 saturated heterocycles. The van der Waals surface area contributed by atoms with E-state index in [1.54, 1.807) is 0 Å². The van der Waals surface area contributed by atoms with E-state index in [0.717, 1.165) is 31.9 Å². The molecule has 0 fully saturated rings. The van der Waals surface area contributed by atoms with Crippen LogP contribution in [0.5, 0.6) is 0 Å². The second kappa shape index (κ2) is 8.34. The molecule has 0 saturated carbocycles. The Kier molecular flexibility index (Phi) is 5.66. The minimum atomic E-state index is 0.460. The summed E-state index contributed by atoms with van der Waals surface area (Å²) in [4.78, 5) is 4.77. The van der Waals surface area contributed by atoms with Crippen LogP contribution in [0.3, 0.4) is 0 Å². The minimum Gasteiger partial charge on any atom is -0.357 e. The maximum atomic E-state index is 4.77. The summed E-state index contributed by atoms with van der Waals surface area (Å²) in [5.41, 5.74) is 2.48. The van der Waals surface area contributed by atoms with Crippen LogP contribution in [0.4, 0.5) is 0 Å². The van der Waals surface area contributed by atoms with Crippen molar-refractivity contribution in [3.05, 3.63) is 66.0 Å². The van der Waals surface area contributed by atoms with E-state index in [0.29, 0.717) is 12.6 Å². The molecule has 1 aromatic heterocycles. The van der Waals surface area contributed by atoms with Crippen LogP contribution in [0.25, 0.3) is 0 Å². The van der Waals surface area contributed by atoms with E-state index < -0.39 is 0 Å². The van der Waals surface area contributed by atoms with Gasteiger partial charge in [-0.3, -0.25) is 4.68 Å². The van der Waals surface area contributed by atoms with E-state index in [-0.39, 0.29) is 0 Å². The number of nitrogens with zero attached hydrogens (tertiary/aromatic N) is 3. The highest BCUT2D eigenvalue weighted by Crippen LogP contribution is 2.12. The largest absolute Gasteiger partial charge is 0.357 e. The number of guanidine groups is 1. The van der Waals surface area contributed by atoms with Gasteiger partial charge in [0.1, 0.15) is 0 Å². The number of rotatable bonds is 6. The second-order valence-electron chi connectivity index (χ2n) is 5.95.